The first-order valence-electron chi connectivity index (χ1n) is 9.36. The first-order chi connectivity index (χ1) is 13.2. The molecule has 0 unspecified atom stereocenters. The maximum Gasteiger partial charge on any atom is 0.166 e. The molecule has 0 aliphatic heterocycles. The number of aromatic amines is 2. The van der Waals surface area contributed by atoms with Crippen molar-refractivity contribution in [2.45, 2.75) is 43.4 Å². The van der Waals surface area contributed by atoms with Crippen molar-refractivity contribution in [2.75, 3.05) is 11.5 Å². The van der Waals surface area contributed by atoms with Gasteiger partial charge >= 0.3 is 0 Å². The Morgan fingerprint density at radius 1 is 0.704 bits per heavy atom. The summed E-state index contributed by atoms with van der Waals surface area (Å²) < 4.78 is 0. The summed E-state index contributed by atoms with van der Waals surface area (Å²) in [6.07, 6.45) is 3.65. The maximum absolute atomic E-state index is 4.65. The van der Waals surface area contributed by atoms with Gasteiger partial charge < -0.3 is 9.97 Å². The summed E-state index contributed by atoms with van der Waals surface area (Å²) in [7, 11) is 0. The number of benzene rings is 2. The van der Waals surface area contributed by atoms with Gasteiger partial charge in [0.1, 0.15) is 0 Å². The molecule has 0 atom stereocenters. The standard InChI is InChI=1S/C21H24N4S2/c1-14-6-8-16-18(12-14)24-20(22-16)26-10-4-3-5-11-27-21-23-17-9-7-15(2)13-19(17)25-21/h6-9,12-13H,3-5,10-11H2,1-2H3,(H,22,24)(H,23,25). The van der Waals surface area contributed by atoms with Crippen molar-refractivity contribution in [3.8, 4) is 0 Å². The Balaban J connectivity index is 1.16. The fourth-order valence-electron chi connectivity index (χ4n) is 3.06. The summed E-state index contributed by atoms with van der Waals surface area (Å²) in [6, 6.07) is 12.7. The van der Waals surface area contributed by atoms with Crippen LogP contribution in [-0.2, 0) is 0 Å². The lowest BCUT2D eigenvalue weighted by Gasteiger charge is -1.99. The van der Waals surface area contributed by atoms with Crippen molar-refractivity contribution < 1.29 is 0 Å². The molecule has 0 aliphatic carbocycles. The molecule has 0 amide bonds. The highest BCUT2D eigenvalue weighted by molar-refractivity contribution is 7.99. The Hall–Kier alpha value is -1.92. The lowest BCUT2D eigenvalue weighted by Crippen LogP contribution is -1.86. The number of imidazole rings is 2. The zero-order valence-electron chi connectivity index (χ0n) is 15.7. The van der Waals surface area contributed by atoms with Gasteiger partial charge in [-0.2, -0.15) is 0 Å². The second-order valence-electron chi connectivity index (χ2n) is 6.88. The molecule has 0 spiro atoms. The minimum absolute atomic E-state index is 1.03. The second kappa shape index (κ2) is 8.40. The topological polar surface area (TPSA) is 57.4 Å². The normalized spacial score (nSPS) is 11.6. The molecular weight excluding hydrogens is 372 g/mol. The lowest BCUT2D eigenvalue weighted by molar-refractivity contribution is 0.783. The quantitative estimate of drug-likeness (QED) is 0.279. The van der Waals surface area contributed by atoms with Crippen LogP contribution in [0.25, 0.3) is 22.1 Å². The van der Waals surface area contributed by atoms with Gasteiger partial charge in [-0.25, -0.2) is 9.97 Å². The Bertz CT molecular complexity index is 967. The second-order valence-corrected chi connectivity index (χ2v) is 9.05. The highest BCUT2D eigenvalue weighted by Gasteiger charge is 2.05. The van der Waals surface area contributed by atoms with E-state index in [9.17, 15) is 0 Å². The third-order valence-corrected chi connectivity index (χ3v) is 6.42. The van der Waals surface area contributed by atoms with E-state index in [1.54, 1.807) is 0 Å². The van der Waals surface area contributed by atoms with Crippen molar-refractivity contribution in [3.63, 3.8) is 0 Å². The molecule has 4 nitrogen and oxygen atoms in total. The van der Waals surface area contributed by atoms with Crippen molar-refractivity contribution in [1.82, 2.24) is 19.9 Å². The van der Waals surface area contributed by atoms with E-state index in [2.05, 4.69) is 70.2 Å². The smallest absolute Gasteiger partial charge is 0.166 e. The molecule has 140 valence electrons. The van der Waals surface area contributed by atoms with Crippen LogP contribution in [0.5, 0.6) is 0 Å². The molecule has 2 aromatic heterocycles. The highest BCUT2D eigenvalue weighted by atomic mass is 32.2. The number of aryl methyl sites for hydroxylation is 2. The molecule has 2 aromatic carbocycles. The number of hydrogen-bond donors (Lipinski definition) is 2. The number of rotatable bonds is 8. The predicted octanol–water partition coefficient (Wildman–Crippen LogP) is 6.11. The average molecular weight is 397 g/mol. The van der Waals surface area contributed by atoms with Gasteiger partial charge in [0.05, 0.1) is 22.1 Å². The third kappa shape index (κ3) is 4.68. The summed E-state index contributed by atoms with van der Waals surface area (Å²) >= 11 is 3.64. The Kier molecular flexibility index (Phi) is 5.74. The summed E-state index contributed by atoms with van der Waals surface area (Å²) in [5.74, 6) is 2.21. The number of nitrogens with zero attached hydrogens (tertiary/aromatic N) is 2. The summed E-state index contributed by atoms with van der Waals surface area (Å²) in [4.78, 5) is 16.1. The fraction of sp³-hybridized carbons (Fsp3) is 0.333. The lowest BCUT2D eigenvalue weighted by atomic mass is 10.2. The van der Waals surface area contributed by atoms with Crippen molar-refractivity contribution in [1.29, 1.82) is 0 Å². The SMILES string of the molecule is Cc1ccc2nc(SCCCCCSc3nc4ccc(C)cc4[nH]3)[nH]c2c1. The Morgan fingerprint density at radius 2 is 1.19 bits per heavy atom. The summed E-state index contributed by atoms with van der Waals surface area (Å²) in [5.41, 5.74) is 6.91. The van der Waals surface area contributed by atoms with Crippen LogP contribution >= 0.6 is 23.5 Å². The number of fused-ring (bicyclic) bond motifs is 2. The van der Waals surface area contributed by atoms with Gasteiger partial charge in [-0.15, -0.1) is 0 Å². The van der Waals surface area contributed by atoms with Crippen molar-refractivity contribution in [2.24, 2.45) is 0 Å². The average Bonchev–Trinajstić information content (AvgIpc) is 3.23. The number of thioether (sulfide) groups is 2. The van der Waals surface area contributed by atoms with Crippen molar-refractivity contribution >= 4 is 45.6 Å². The molecule has 0 bridgehead atoms. The highest BCUT2D eigenvalue weighted by Crippen LogP contribution is 2.23. The van der Waals surface area contributed by atoms with Gasteiger partial charge in [-0.05, 0) is 62.1 Å². The van der Waals surface area contributed by atoms with E-state index in [1.807, 2.05) is 23.5 Å². The van der Waals surface area contributed by atoms with E-state index in [0.717, 1.165) is 43.9 Å². The summed E-state index contributed by atoms with van der Waals surface area (Å²) in [5, 5.41) is 2.06. The van der Waals surface area contributed by atoms with Crippen LogP contribution in [0.1, 0.15) is 30.4 Å². The molecule has 2 heterocycles. The van der Waals surface area contributed by atoms with Gasteiger partial charge in [0.25, 0.3) is 0 Å². The third-order valence-electron chi connectivity index (χ3n) is 4.50. The minimum atomic E-state index is 1.03. The van der Waals surface area contributed by atoms with Crippen LogP contribution in [-0.4, -0.2) is 31.4 Å². The maximum atomic E-state index is 4.65. The molecule has 0 fully saturated rings. The van der Waals surface area contributed by atoms with Crippen LogP contribution in [0.2, 0.25) is 0 Å². The van der Waals surface area contributed by atoms with Crippen LogP contribution in [0.3, 0.4) is 0 Å². The first-order valence-corrected chi connectivity index (χ1v) is 11.3. The largest absolute Gasteiger partial charge is 0.333 e. The van der Waals surface area contributed by atoms with E-state index >= 15 is 0 Å². The molecule has 2 N–H and O–H groups in total. The van der Waals surface area contributed by atoms with Gasteiger partial charge in [-0.1, -0.05) is 42.1 Å². The number of hydrogen-bond acceptors (Lipinski definition) is 4. The first kappa shape index (κ1) is 18.4. The van der Waals surface area contributed by atoms with Crippen molar-refractivity contribution in [3.05, 3.63) is 47.5 Å². The van der Waals surface area contributed by atoms with Gasteiger partial charge in [0.2, 0.25) is 0 Å². The molecule has 6 heteroatoms. The predicted molar refractivity (Wildman–Crippen MR) is 117 cm³/mol. The number of H-pyrrole nitrogens is 2. The monoisotopic (exact) mass is 396 g/mol. The van der Waals surface area contributed by atoms with E-state index in [4.69, 9.17) is 0 Å². The van der Waals surface area contributed by atoms with E-state index in [-0.39, 0.29) is 0 Å². The molecule has 4 rings (SSSR count). The zero-order chi connectivity index (χ0) is 18.6. The van der Waals surface area contributed by atoms with E-state index in [0.29, 0.717) is 0 Å². The van der Waals surface area contributed by atoms with E-state index in [1.165, 1.54) is 30.4 Å². The number of nitrogens with one attached hydrogen (secondary N) is 2. The molecule has 0 aliphatic rings. The van der Waals surface area contributed by atoms with Crippen LogP contribution in [0, 0.1) is 13.8 Å². The number of aromatic nitrogens is 4. The molecule has 4 aromatic rings. The zero-order valence-corrected chi connectivity index (χ0v) is 17.3. The van der Waals surface area contributed by atoms with Gasteiger partial charge in [-0.3, -0.25) is 0 Å². The van der Waals surface area contributed by atoms with Crippen LogP contribution in [0.15, 0.2) is 46.7 Å². The minimum Gasteiger partial charge on any atom is -0.333 e. The number of unbranched alkanes of at least 4 members (excludes halogenated alkanes) is 2. The molecule has 0 saturated heterocycles. The van der Waals surface area contributed by atoms with Gasteiger partial charge in [0.15, 0.2) is 10.3 Å². The molecule has 0 radical (unpaired) electrons. The van der Waals surface area contributed by atoms with Crippen LogP contribution < -0.4 is 0 Å². The van der Waals surface area contributed by atoms with E-state index < -0.39 is 0 Å². The molecule has 0 saturated carbocycles. The van der Waals surface area contributed by atoms with Gasteiger partial charge in [0, 0.05) is 11.5 Å². The molecular formula is C21H24N4S2. The Morgan fingerprint density at radius 3 is 1.67 bits per heavy atom. The fourth-order valence-corrected chi connectivity index (χ4v) is 4.83. The Labute approximate surface area is 168 Å². The molecule has 27 heavy (non-hydrogen) atoms. The van der Waals surface area contributed by atoms with Crippen LogP contribution in [0.4, 0.5) is 0 Å². The summed E-state index contributed by atoms with van der Waals surface area (Å²) in [6.45, 7) is 4.22.